The Kier molecular flexibility index (Phi) is 4.30. The van der Waals surface area contributed by atoms with Crippen molar-refractivity contribution in [2.75, 3.05) is 6.54 Å². The van der Waals surface area contributed by atoms with Gasteiger partial charge in [0.2, 0.25) is 10.0 Å². The Balaban J connectivity index is 2.37. The van der Waals surface area contributed by atoms with Gasteiger partial charge in [0.15, 0.2) is 0 Å². The van der Waals surface area contributed by atoms with Crippen LogP contribution in [0.25, 0.3) is 0 Å². The monoisotopic (exact) mass is 285 g/mol. The lowest BCUT2D eigenvalue weighted by Gasteiger charge is -2.34. The highest BCUT2D eigenvalue weighted by Gasteiger charge is 2.35. The molecule has 1 fully saturated rings. The van der Waals surface area contributed by atoms with Gasteiger partial charge < -0.3 is 0 Å². The van der Waals surface area contributed by atoms with Gasteiger partial charge in [0.05, 0.1) is 11.4 Å². The topological polar surface area (TPSA) is 66.1 Å². The number of aryl methyl sites for hydroxylation is 2. The SMILES string of the molecule is CCCC1CCCCN1S(=O)(=O)c1c(C)n[nH]c1C. The second-order valence-corrected chi connectivity index (χ2v) is 7.14. The largest absolute Gasteiger partial charge is 0.281 e. The number of H-pyrrole nitrogens is 1. The van der Waals surface area contributed by atoms with E-state index in [1.54, 1.807) is 18.2 Å². The Morgan fingerprint density at radius 1 is 1.37 bits per heavy atom. The van der Waals surface area contributed by atoms with E-state index in [0.717, 1.165) is 32.1 Å². The zero-order valence-corrected chi connectivity index (χ0v) is 12.8. The molecule has 1 unspecified atom stereocenters. The Hall–Kier alpha value is -0.880. The quantitative estimate of drug-likeness (QED) is 0.923. The van der Waals surface area contributed by atoms with Crippen LogP contribution in [0.2, 0.25) is 0 Å². The van der Waals surface area contributed by atoms with E-state index in [0.29, 0.717) is 22.8 Å². The molecule has 2 heterocycles. The van der Waals surface area contributed by atoms with Crippen LogP contribution in [0.4, 0.5) is 0 Å². The molecule has 1 atom stereocenters. The zero-order chi connectivity index (χ0) is 14.0. The van der Waals surface area contributed by atoms with Crippen molar-refractivity contribution in [1.82, 2.24) is 14.5 Å². The zero-order valence-electron chi connectivity index (χ0n) is 11.9. The maximum Gasteiger partial charge on any atom is 0.246 e. The maximum absolute atomic E-state index is 12.8. The molecule has 0 amide bonds. The summed E-state index contributed by atoms with van der Waals surface area (Å²) < 4.78 is 27.4. The summed E-state index contributed by atoms with van der Waals surface area (Å²) in [4.78, 5) is 0.371. The Bertz CT molecular complexity index is 515. The Morgan fingerprint density at radius 2 is 2.11 bits per heavy atom. The summed E-state index contributed by atoms with van der Waals surface area (Å²) >= 11 is 0. The fourth-order valence-corrected chi connectivity index (χ4v) is 5.01. The van der Waals surface area contributed by atoms with Crippen LogP contribution in [0.5, 0.6) is 0 Å². The molecule has 2 rings (SSSR count). The molecule has 0 saturated carbocycles. The van der Waals surface area contributed by atoms with Gasteiger partial charge in [-0.1, -0.05) is 19.8 Å². The molecule has 1 aromatic rings. The smallest absolute Gasteiger partial charge is 0.246 e. The van der Waals surface area contributed by atoms with Crippen LogP contribution in [0, 0.1) is 13.8 Å². The maximum atomic E-state index is 12.8. The number of aromatic nitrogens is 2. The molecule has 0 spiro atoms. The molecule has 0 aliphatic carbocycles. The van der Waals surface area contributed by atoms with Crippen LogP contribution in [0.1, 0.15) is 50.4 Å². The predicted molar refractivity (Wildman–Crippen MR) is 74.5 cm³/mol. The van der Waals surface area contributed by atoms with Gasteiger partial charge in [-0.25, -0.2) is 8.42 Å². The first kappa shape index (κ1) is 14.5. The van der Waals surface area contributed by atoms with E-state index in [1.807, 2.05) is 0 Å². The van der Waals surface area contributed by atoms with Crippen molar-refractivity contribution < 1.29 is 8.42 Å². The lowest BCUT2D eigenvalue weighted by atomic mass is 10.0. The van der Waals surface area contributed by atoms with E-state index in [-0.39, 0.29) is 6.04 Å². The molecule has 0 bridgehead atoms. The number of piperidine rings is 1. The van der Waals surface area contributed by atoms with Gasteiger partial charge in [-0.15, -0.1) is 0 Å². The lowest BCUT2D eigenvalue weighted by Crippen LogP contribution is -2.43. The third kappa shape index (κ3) is 2.69. The van der Waals surface area contributed by atoms with Crippen molar-refractivity contribution in [2.45, 2.75) is 63.8 Å². The first-order valence-corrected chi connectivity index (χ1v) is 8.46. The van der Waals surface area contributed by atoms with Crippen LogP contribution in [-0.4, -0.2) is 35.5 Å². The van der Waals surface area contributed by atoms with Crippen molar-refractivity contribution in [1.29, 1.82) is 0 Å². The fourth-order valence-electron chi connectivity index (χ4n) is 2.95. The van der Waals surface area contributed by atoms with E-state index < -0.39 is 10.0 Å². The number of nitrogens with one attached hydrogen (secondary N) is 1. The summed E-state index contributed by atoms with van der Waals surface area (Å²) in [6, 6.07) is 0.150. The molecule has 6 heteroatoms. The van der Waals surface area contributed by atoms with Gasteiger partial charge >= 0.3 is 0 Å². The first-order chi connectivity index (χ1) is 8.98. The highest BCUT2D eigenvalue weighted by molar-refractivity contribution is 7.89. The minimum absolute atomic E-state index is 0.150. The Morgan fingerprint density at radius 3 is 2.68 bits per heavy atom. The minimum atomic E-state index is -3.41. The number of rotatable bonds is 4. The van der Waals surface area contributed by atoms with E-state index in [2.05, 4.69) is 17.1 Å². The normalized spacial score (nSPS) is 21.7. The van der Waals surface area contributed by atoms with Gasteiger partial charge in [0, 0.05) is 12.6 Å². The summed E-state index contributed by atoms with van der Waals surface area (Å²) in [5.41, 5.74) is 1.21. The van der Waals surface area contributed by atoms with Gasteiger partial charge in [-0.3, -0.25) is 5.10 Å². The molecule has 1 saturated heterocycles. The van der Waals surface area contributed by atoms with Gasteiger partial charge in [-0.05, 0) is 33.1 Å². The average molecular weight is 285 g/mol. The standard InChI is InChI=1S/C13H23N3O2S/c1-4-7-12-8-5-6-9-16(12)19(17,18)13-10(2)14-15-11(13)3/h12H,4-9H2,1-3H3,(H,14,15). The van der Waals surface area contributed by atoms with E-state index >= 15 is 0 Å². The second kappa shape index (κ2) is 5.63. The van der Waals surface area contributed by atoms with E-state index in [9.17, 15) is 8.42 Å². The summed E-state index contributed by atoms with van der Waals surface area (Å²) in [7, 11) is -3.41. The first-order valence-electron chi connectivity index (χ1n) is 7.02. The molecular formula is C13H23N3O2S. The van der Waals surface area contributed by atoms with Crippen LogP contribution < -0.4 is 0 Å². The Labute approximate surface area is 115 Å². The second-order valence-electron chi connectivity index (χ2n) is 5.32. The van der Waals surface area contributed by atoms with Crippen molar-refractivity contribution in [3.63, 3.8) is 0 Å². The molecule has 1 aromatic heterocycles. The molecule has 1 N–H and O–H groups in total. The van der Waals surface area contributed by atoms with Crippen molar-refractivity contribution in [3.05, 3.63) is 11.4 Å². The van der Waals surface area contributed by atoms with Gasteiger partial charge in [0.25, 0.3) is 0 Å². The fraction of sp³-hybridized carbons (Fsp3) is 0.769. The van der Waals surface area contributed by atoms with Crippen LogP contribution in [0.15, 0.2) is 4.90 Å². The molecule has 1 aliphatic heterocycles. The molecule has 0 radical (unpaired) electrons. The summed E-state index contributed by atoms with van der Waals surface area (Å²) in [6.45, 7) is 6.26. The highest BCUT2D eigenvalue weighted by atomic mass is 32.2. The molecular weight excluding hydrogens is 262 g/mol. The lowest BCUT2D eigenvalue weighted by molar-refractivity contribution is 0.239. The summed E-state index contributed by atoms with van der Waals surface area (Å²) in [5.74, 6) is 0. The van der Waals surface area contributed by atoms with Crippen molar-refractivity contribution in [3.8, 4) is 0 Å². The van der Waals surface area contributed by atoms with Crippen molar-refractivity contribution >= 4 is 10.0 Å². The number of aromatic amines is 1. The number of hydrogen-bond donors (Lipinski definition) is 1. The van der Waals surface area contributed by atoms with Crippen LogP contribution in [-0.2, 0) is 10.0 Å². The number of hydrogen-bond acceptors (Lipinski definition) is 3. The number of nitrogens with zero attached hydrogens (tertiary/aromatic N) is 2. The summed E-state index contributed by atoms with van der Waals surface area (Å²) in [5, 5.41) is 6.79. The minimum Gasteiger partial charge on any atom is -0.281 e. The predicted octanol–water partition coefficient (Wildman–Crippen LogP) is 2.37. The van der Waals surface area contributed by atoms with Crippen LogP contribution in [0.3, 0.4) is 0 Å². The van der Waals surface area contributed by atoms with E-state index in [1.165, 1.54) is 0 Å². The molecule has 5 nitrogen and oxygen atoms in total. The molecule has 0 aromatic carbocycles. The average Bonchev–Trinajstić information content (AvgIpc) is 2.70. The number of sulfonamides is 1. The summed E-state index contributed by atoms with van der Waals surface area (Å²) in [6.07, 6.45) is 5.01. The third-order valence-electron chi connectivity index (χ3n) is 3.82. The molecule has 108 valence electrons. The molecule has 1 aliphatic rings. The van der Waals surface area contributed by atoms with Crippen molar-refractivity contribution in [2.24, 2.45) is 0 Å². The van der Waals surface area contributed by atoms with Crippen LogP contribution >= 0.6 is 0 Å². The van der Waals surface area contributed by atoms with Gasteiger partial charge in [-0.2, -0.15) is 9.40 Å². The highest BCUT2D eigenvalue weighted by Crippen LogP contribution is 2.29. The van der Waals surface area contributed by atoms with Gasteiger partial charge in [0.1, 0.15) is 4.90 Å². The van der Waals surface area contributed by atoms with E-state index in [4.69, 9.17) is 0 Å². The third-order valence-corrected chi connectivity index (χ3v) is 6.04. The molecule has 19 heavy (non-hydrogen) atoms.